The number of ether oxygens (including phenoxy) is 1. The lowest BCUT2D eigenvalue weighted by atomic mass is 10.2. The molecule has 0 fully saturated rings. The quantitative estimate of drug-likeness (QED) is 0.571. The summed E-state index contributed by atoms with van der Waals surface area (Å²) in [5.41, 5.74) is 10.8. The summed E-state index contributed by atoms with van der Waals surface area (Å²) in [5.74, 6) is 0.797. The number of nitrogens with two attached hydrogens (primary N) is 2. The molecule has 23 heavy (non-hydrogen) atoms. The number of hydrogen-bond acceptors (Lipinski definition) is 7. The van der Waals surface area contributed by atoms with Gasteiger partial charge in [0, 0.05) is 12.7 Å². The van der Waals surface area contributed by atoms with Crippen molar-refractivity contribution < 1.29 is 9.53 Å². The van der Waals surface area contributed by atoms with Crippen molar-refractivity contribution >= 4 is 23.5 Å². The Bertz CT molecular complexity index is 633. The third-order valence-corrected chi connectivity index (χ3v) is 4.02. The van der Waals surface area contributed by atoms with Crippen molar-refractivity contribution in [1.29, 1.82) is 0 Å². The predicted octanol–water partition coefficient (Wildman–Crippen LogP) is -0.524. The Labute approximate surface area is 138 Å². The molecule has 1 aromatic heterocycles. The largest absolute Gasteiger partial charge is 0.383 e. The second-order valence-electron chi connectivity index (χ2n) is 5.13. The molecule has 2 rings (SSSR count). The Hall–Kier alpha value is -1.84. The number of nitrogen functional groups attached to an aromatic ring is 1. The van der Waals surface area contributed by atoms with E-state index in [0.717, 1.165) is 5.75 Å². The molecule has 5 N–H and O–H groups in total. The van der Waals surface area contributed by atoms with Crippen molar-refractivity contribution in [2.24, 2.45) is 5.73 Å². The molecular weight excluding hydrogens is 318 g/mol. The summed E-state index contributed by atoms with van der Waals surface area (Å²) < 4.78 is 7.02. The molecule has 1 amide bonds. The minimum Gasteiger partial charge on any atom is -0.383 e. The zero-order valence-electron chi connectivity index (χ0n) is 12.8. The first-order valence-corrected chi connectivity index (χ1v) is 8.61. The Morgan fingerprint density at radius 1 is 1.57 bits per heavy atom. The number of nitrogens with zero attached hydrogens (tertiary/aromatic N) is 2. The van der Waals surface area contributed by atoms with Crippen molar-refractivity contribution in [2.45, 2.75) is 24.8 Å². The van der Waals surface area contributed by atoms with E-state index in [1.807, 2.05) is 6.26 Å². The molecule has 0 saturated carbocycles. The van der Waals surface area contributed by atoms with E-state index < -0.39 is 18.0 Å². The van der Waals surface area contributed by atoms with Gasteiger partial charge in [-0.1, -0.05) is 6.08 Å². The summed E-state index contributed by atoms with van der Waals surface area (Å²) in [4.78, 5) is 27.3. The fraction of sp³-hybridized carbons (Fsp3) is 0.500. The summed E-state index contributed by atoms with van der Waals surface area (Å²) in [6.45, 7) is 0.302. The topological polar surface area (TPSA) is 125 Å². The van der Waals surface area contributed by atoms with Gasteiger partial charge in [0.1, 0.15) is 5.82 Å². The van der Waals surface area contributed by atoms with Crippen molar-refractivity contribution in [1.82, 2.24) is 14.9 Å². The van der Waals surface area contributed by atoms with E-state index in [4.69, 9.17) is 16.2 Å². The highest BCUT2D eigenvalue weighted by atomic mass is 32.2. The lowest BCUT2D eigenvalue weighted by Crippen LogP contribution is -2.43. The van der Waals surface area contributed by atoms with Gasteiger partial charge in [0.2, 0.25) is 5.91 Å². The molecule has 0 saturated heterocycles. The average Bonchev–Trinajstić information content (AvgIpc) is 2.98. The second kappa shape index (κ2) is 8.14. The van der Waals surface area contributed by atoms with Crippen LogP contribution in [0.15, 0.2) is 29.2 Å². The third-order valence-electron chi connectivity index (χ3n) is 3.38. The Morgan fingerprint density at radius 3 is 3.04 bits per heavy atom. The maximum atomic E-state index is 11.8. The van der Waals surface area contributed by atoms with E-state index in [1.165, 1.54) is 16.8 Å². The van der Waals surface area contributed by atoms with E-state index >= 15 is 0 Å². The molecule has 1 aliphatic rings. The zero-order valence-corrected chi connectivity index (χ0v) is 13.7. The van der Waals surface area contributed by atoms with Crippen molar-refractivity contribution in [2.75, 3.05) is 24.3 Å². The van der Waals surface area contributed by atoms with Crippen LogP contribution >= 0.6 is 11.8 Å². The molecule has 0 radical (unpaired) electrons. The van der Waals surface area contributed by atoms with Gasteiger partial charge in [-0.25, -0.2) is 4.79 Å². The number of nitrogens with one attached hydrogen (secondary N) is 1. The molecule has 126 valence electrons. The van der Waals surface area contributed by atoms with Crippen LogP contribution in [0.3, 0.4) is 0 Å². The molecule has 0 unspecified atom stereocenters. The monoisotopic (exact) mass is 339 g/mol. The van der Waals surface area contributed by atoms with E-state index in [-0.39, 0.29) is 17.8 Å². The standard InChI is InChI=1S/C14H21N5O3S/c1-23-7-5-10(15)13(20)17-8-9-2-3-12(22-9)19-6-4-11(16)18-14(19)21/h2-4,6,9-10,12H,5,7-8,15H2,1H3,(H,17,20)(H2,16,18,21)/t9-,10-,12+/m0/s1. The van der Waals surface area contributed by atoms with Crippen LogP contribution in [0.5, 0.6) is 0 Å². The van der Waals surface area contributed by atoms with E-state index in [1.54, 1.807) is 23.9 Å². The highest BCUT2D eigenvalue weighted by Gasteiger charge is 2.23. The Balaban J connectivity index is 1.83. The van der Waals surface area contributed by atoms with Crippen LogP contribution in [0.2, 0.25) is 0 Å². The molecule has 0 spiro atoms. The van der Waals surface area contributed by atoms with Crippen LogP contribution in [0, 0.1) is 0 Å². The van der Waals surface area contributed by atoms with Crippen molar-refractivity contribution in [3.63, 3.8) is 0 Å². The maximum absolute atomic E-state index is 11.8. The van der Waals surface area contributed by atoms with Crippen LogP contribution in [0.25, 0.3) is 0 Å². The molecular formula is C14H21N5O3S. The number of amides is 1. The van der Waals surface area contributed by atoms with Crippen molar-refractivity contribution in [3.05, 3.63) is 34.9 Å². The van der Waals surface area contributed by atoms with Gasteiger partial charge < -0.3 is 21.5 Å². The highest BCUT2D eigenvalue weighted by molar-refractivity contribution is 7.98. The van der Waals surface area contributed by atoms with Crippen LogP contribution in [-0.4, -0.2) is 46.2 Å². The van der Waals surface area contributed by atoms with E-state index in [2.05, 4.69) is 10.3 Å². The first-order chi connectivity index (χ1) is 11.0. The molecule has 0 aliphatic carbocycles. The summed E-state index contributed by atoms with van der Waals surface area (Å²) in [5, 5.41) is 2.76. The number of carbonyl (C=O) groups excluding carboxylic acids is 1. The van der Waals surface area contributed by atoms with Gasteiger partial charge in [-0.3, -0.25) is 9.36 Å². The van der Waals surface area contributed by atoms with Gasteiger partial charge >= 0.3 is 5.69 Å². The summed E-state index contributed by atoms with van der Waals surface area (Å²) >= 11 is 1.65. The number of carbonyl (C=O) groups is 1. The third kappa shape index (κ3) is 4.81. The van der Waals surface area contributed by atoms with Gasteiger partial charge in [0.25, 0.3) is 0 Å². The Kier molecular flexibility index (Phi) is 6.20. The first kappa shape index (κ1) is 17.5. The van der Waals surface area contributed by atoms with Crippen LogP contribution in [0.4, 0.5) is 5.82 Å². The molecule has 2 heterocycles. The molecule has 1 aliphatic heterocycles. The zero-order chi connectivity index (χ0) is 16.8. The highest BCUT2D eigenvalue weighted by Crippen LogP contribution is 2.19. The maximum Gasteiger partial charge on any atom is 0.351 e. The van der Waals surface area contributed by atoms with E-state index in [9.17, 15) is 9.59 Å². The van der Waals surface area contributed by atoms with Gasteiger partial charge in [-0.15, -0.1) is 0 Å². The summed E-state index contributed by atoms with van der Waals surface area (Å²) in [6, 6.07) is 1.01. The molecule has 0 bridgehead atoms. The number of aromatic nitrogens is 2. The van der Waals surface area contributed by atoms with E-state index in [0.29, 0.717) is 13.0 Å². The summed E-state index contributed by atoms with van der Waals surface area (Å²) in [7, 11) is 0. The van der Waals surface area contributed by atoms with Gasteiger partial charge in [0.15, 0.2) is 6.23 Å². The number of hydrogen-bond donors (Lipinski definition) is 3. The van der Waals surface area contributed by atoms with Gasteiger partial charge in [-0.05, 0) is 30.6 Å². The molecule has 3 atom stereocenters. The van der Waals surface area contributed by atoms with Crippen LogP contribution < -0.4 is 22.5 Å². The molecule has 9 heteroatoms. The van der Waals surface area contributed by atoms with Crippen LogP contribution in [0.1, 0.15) is 12.6 Å². The smallest absolute Gasteiger partial charge is 0.351 e. The van der Waals surface area contributed by atoms with Crippen LogP contribution in [-0.2, 0) is 9.53 Å². The summed E-state index contributed by atoms with van der Waals surface area (Å²) in [6.07, 6.45) is 6.78. The van der Waals surface area contributed by atoms with Crippen molar-refractivity contribution in [3.8, 4) is 0 Å². The predicted molar refractivity (Wildman–Crippen MR) is 89.9 cm³/mol. The fourth-order valence-electron chi connectivity index (χ4n) is 2.09. The molecule has 1 aromatic rings. The number of thioether (sulfide) groups is 1. The minimum absolute atomic E-state index is 0.163. The Morgan fingerprint density at radius 2 is 2.35 bits per heavy atom. The second-order valence-corrected chi connectivity index (χ2v) is 6.11. The molecule has 8 nitrogen and oxygen atoms in total. The fourth-order valence-corrected chi connectivity index (χ4v) is 2.58. The number of rotatable bonds is 7. The van der Waals surface area contributed by atoms with Gasteiger partial charge in [-0.2, -0.15) is 16.7 Å². The van der Waals surface area contributed by atoms with Gasteiger partial charge in [0.05, 0.1) is 12.1 Å². The minimum atomic E-state index is -0.553. The normalized spacial score (nSPS) is 21.3. The average molecular weight is 339 g/mol. The lowest BCUT2D eigenvalue weighted by Gasteiger charge is -2.17. The SMILES string of the molecule is CSCC[C@H](N)C(=O)NC[C@@H]1C=C[C@H](n2ccc(N)nc2=O)O1. The number of anilines is 1. The lowest BCUT2D eigenvalue weighted by molar-refractivity contribution is -0.123. The molecule has 0 aromatic carbocycles. The first-order valence-electron chi connectivity index (χ1n) is 7.22.